The van der Waals surface area contributed by atoms with Gasteiger partial charge < -0.3 is 15.0 Å². The fraction of sp³-hybridized carbons (Fsp3) is 0.429. The molecule has 1 heterocycles. The van der Waals surface area contributed by atoms with Gasteiger partial charge >= 0.3 is 0 Å². The minimum absolute atomic E-state index is 0.757. The van der Waals surface area contributed by atoms with Crippen LogP contribution in [0.3, 0.4) is 0 Å². The average Bonchev–Trinajstić information content (AvgIpc) is 2.45. The number of fused-ring (bicyclic) bond motifs is 1. The van der Waals surface area contributed by atoms with Gasteiger partial charge in [0.25, 0.3) is 0 Å². The highest BCUT2D eigenvalue weighted by Crippen LogP contribution is 2.17. The van der Waals surface area contributed by atoms with Gasteiger partial charge in [0.15, 0.2) is 0 Å². The van der Waals surface area contributed by atoms with E-state index in [4.69, 9.17) is 4.74 Å². The molecule has 0 saturated carbocycles. The number of nitrogens with one attached hydrogen (secondary N) is 1. The van der Waals surface area contributed by atoms with Crippen LogP contribution in [0.1, 0.15) is 0 Å². The zero-order chi connectivity index (χ0) is 13.5. The molecule has 1 N–H and O–H groups in total. The second-order valence-corrected chi connectivity index (χ2v) is 4.46. The van der Waals surface area contributed by atoms with Crippen LogP contribution in [-0.2, 0) is 4.74 Å². The van der Waals surface area contributed by atoms with Crippen LogP contribution < -0.4 is 5.32 Å². The Balaban J connectivity index is 1.91. The molecule has 1 aromatic carbocycles. The second-order valence-electron chi connectivity index (χ2n) is 4.46. The van der Waals surface area contributed by atoms with Gasteiger partial charge in [0.1, 0.15) is 12.1 Å². The molecule has 0 aliphatic carbocycles. The monoisotopic (exact) mass is 260 g/mol. The van der Waals surface area contributed by atoms with E-state index in [0.717, 1.165) is 43.0 Å². The molecule has 102 valence electrons. The van der Waals surface area contributed by atoms with E-state index >= 15 is 0 Å². The summed E-state index contributed by atoms with van der Waals surface area (Å²) in [6.45, 7) is 3.48. The van der Waals surface area contributed by atoms with Crippen LogP contribution >= 0.6 is 0 Å². The molecular weight excluding hydrogens is 240 g/mol. The Hall–Kier alpha value is -1.72. The lowest BCUT2D eigenvalue weighted by Gasteiger charge is -2.16. The molecule has 0 aliphatic heterocycles. The van der Waals surface area contributed by atoms with Crippen molar-refractivity contribution in [2.24, 2.45) is 0 Å². The number of anilines is 1. The van der Waals surface area contributed by atoms with E-state index in [1.54, 1.807) is 13.4 Å². The van der Waals surface area contributed by atoms with E-state index in [-0.39, 0.29) is 0 Å². The van der Waals surface area contributed by atoms with Gasteiger partial charge in [0.2, 0.25) is 0 Å². The third-order valence-electron chi connectivity index (χ3n) is 3.01. The summed E-state index contributed by atoms with van der Waals surface area (Å²) in [6, 6.07) is 8.01. The maximum atomic E-state index is 5.05. The minimum atomic E-state index is 0.757. The Kier molecular flexibility index (Phi) is 5.06. The molecule has 5 nitrogen and oxygen atoms in total. The van der Waals surface area contributed by atoms with Crippen LogP contribution in [0.4, 0.5) is 5.82 Å². The smallest absolute Gasteiger partial charge is 0.137 e. The van der Waals surface area contributed by atoms with Gasteiger partial charge in [0, 0.05) is 32.1 Å². The number of hydrogen-bond donors (Lipinski definition) is 1. The quantitative estimate of drug-likeness (QED) is 0.820. The minimum Gasteiger partial charge on any atom is -0.383 e. The molecule has 0 bridgehead atoms. The highest BCUT2D eigenvalue weighted by atomic mass is 16.5. The van der Waals surface area contributed by atoms with Crippen molar-refractivity contribution in [1.29, 1.82) is 0 Å². The van der Waals surface area contributed by atoms with Crippen molar-refractivity contribution in [3.63, 3.8) is 0 Å². The number of ether oxygens (including phenoxy) is 1. The molecule has 0 radical (unpaired) electrons. The Labute approximate surface area is 113 Å². The summed E-state index contributed by atoms with van der Waals surface area (Å²) < 4.78 is 5.05. The summed E-state index contributed by atoms with van der Waals surface area (Å²) in [5, 5.41) is 4.42. The predicted molar refractivity (Wildman–Crippen MR) is 77.4 cm³/mol. The van der Waals surface area contributed by atoms with E-state index < -0.39 is 0 Å². The first-order valence-electron chi connectivity index (χ1n) is 6.42. The number of aromatic nitrogens is 2. The Bertz CT molecular complexity index is 512. The van der Waals surface area contributed by atoms with Gasteiger partial charge in [-0.25, -0.2) is 9.97 Å². The van der Waals surface area contributed by atoms with E-state index in [2.05, 4.69) is 27.2 Å². The van der Waals surface area contributed by atoms with Crippen LogP contribution in [0.5, 0.6) is 0 Å². The van der Waals surface area contributed by atoms with Gasteiger partial charge in [0.05, 0.1) is 12.1 Å². The summed E-state index contributed by atoms with van der Waals surface area (Å²) >= 11 is 0. The van der Waals surface area contributed by atoms with Crippen molar-refractivity contribution in [2.45, 2.75) is 0 Å². The molecular formula is C14H20N4O. The van der Waals surface area contributed by atoms with Gasteiger partial charge in [-0.3, -0.25) is 0 Å². The lowest BCUT2D eigenvalue weighted by atomic mass is 10.2. The van der Waals surface area contributed by atoms with Crippen molar-refractivity contribution in [3.8, 4) is 0 Å². The molecule has 0 amide bonds. The number of hydrogen-bond acceptors (Lipinski definition) is 5. The lowest BCUT2D eigenvalue weighted by molar-refractivity contribution is 0.163. The van der Waals surface area contributed by atoms with Crippen molar-refractivity contribution in [1.82, 2.24) is 14.9 Å². The summed E-state index contributed by atoms with van der Waals surface area (Å²) in [4.78, 5) is 10.8. The zero-order valence-corrected chi connectivity index (χ0v) is 11.5. The summed E-state index contributed by atoms with van der Waals surface area (Å²) in [7, 11) is 3.80. The number of methoxy groups -OCH3 is 1. The average molecular weight is 260 g/mol. The lowest BCUT2D eigenvalue weighted by Crippen LogP contribution is -2.28. The maximum absolute atomic E-state index is 5.05. The molecule has 1 aromatic heterocycles. The van der Waals surface area contributed by atoms with E-state index in [1.165, 1.54) is 0 Å². The predicted octanol–water partition coefficient (Wildman–Crippen LogP) is 1.62. The molecule has 5 heteroatoms. The Morgan fingerprint density at radius 3 is 2.89 bits per heavy atom. The van der Waals surface area contributed by atoms with Crippen molar-refractivity contribution in [2.75, 3.05) is 45.7 Å². The number of rotatable bonds is 7. The van der Waals surface area contributed by atoms with Crippen molar-refractivity contribution >= 4 is 16.7 Å². The fourth-order valence-corrected chi connectivity index (χ4v) is 1.87. The maximum Gasteiger partial charge on any atom is 0.137 e. The van der Waals surface area contributed by atoms with Crippen LogP contribution in [0.25, 0.3) is 10.9 Å². The molecule has 0 unspecified atom stereocenters. The Morgan fingerprint density at radius 2 is 2.05 bits per heavy atom. The van der Waals surface area contributed by atoms with Crippen LogP contribution in [0, 0.1) is 0 Å². The number of benzene rings is 1. The highest BCUT2D eigenvalue weighted by molar-refractivity contribution is 5.88. The zero-order valence-electron chi connectivity index (χ0n) is 11.5. The standard InChI is InChI=1S/C14H20N4O/c1-18(9-10-19-2)8-7-15-14-12-5-3-4-6-13(12)16-11-17-14/h3-6,11H,7-10H2,1-2H3,(H,15,16,17). The summed E-state index contributed by atoms with van der Waals surface area (Å²) in [6.07, 6.45) is 1.60. The van der Waals surface area contributed by atoms with Gasteiger partial charge in [-0.05, 0) is 19.2 Å². The summed E-state index contributed by atoms with van der Waals surface area (Å²) in [5.41, 5.74) is 0.965. The normalized spacial score (nSPS) is 11.1. The third kappa shape index (κ3) is 3.87. The van der Waals surface area contributed by atoms with Crippen molar-refractivity contribution in [3.05, 3.63) is 30.6 Å². The van der Waals surface area contributed by atoms with E-state index in [0.29, 0.717) is 0 Å². The SMILES string of the molecule is COCCN(C)CCNc1ncnc2ccccc12. The Morgan fingerprint density at radius 1 is 1.21 bits per heavy atom. The van der Waals surface area contributed by atoms with Gasteiger partial charge in [-0.2, -0.15) is 0 Å². The van der Waals surface area contributed by atoms with Gasteiger partial charge in [-0.1, -0.05) is 12.1 Å². The summed E-state index contributed by atoms with van der Waals surface area (Å²) in [5.74, 6) is 0.894. The highest BCUT2D eigenvalue weighted by Gasteiger charge is 2.02. The molecule has 19 heavy (non-hydrogen) atoms. The third-order valence-corrected chi connectivity index (χ3v) is 3.01. The van der Waals surface area contributed by atoms with Gasteiger partial charge in [-0.15, -0.1) is 0 Å². The number of likely N-dealkylation sites (N-methyl/N-ethyl adjacent to an activating group) is 1. The van der Waals surface area contributed by atoms with E-state index in [9.17, 15) is 0 Å². The molecule has 0 saturated heterocycles. The molecule has 0 atom stereocenters. The molecule has 2 rings (SSSR count). The first-order valence-corrected chi connectivity index (χ1v) is 6.42. The van der Waals surface area contributed by atoms with Crippen LogP contribution in [0.15, 0.2) is 30.6 Å². The van der Waals surface area contributed by atoms with Crippen LogP contribution in [0.2, 0.25) is 0 Å². The topological polar surface area (TPSA) is 50.3 Å². The number of para-hydroxylation sites is 1. The van der Waals surface area contributed by atoms with Crippen molar-refractivity contribution < 1.29 is 4.74 Å². The molecule has 0 aliphatic rings. The fourth-order valence-electron chi connectivity index (χ4n) is 1.87. The largest absolute Gasteiger partial charge is 0.383 e. The molecule has 0 fully saturated rings. The molecule has 0 spiro atoms. The van der Waals surface area contributed by atoms with E-state index in [1.807, 2.05) is 24.3 Å². The second kappa shape index (κ2) is 7.01. The molecule has 2 aromatic rings. The number of nitrogens with zero attached hydrogens (tertiary/aromatic N) is 3. The first-order chi connectivity index (χ1) is 9.31. The van der Waals surface area contributed by atoms with Crippen LogP contribution in [-0.4, -0.2) is 55.3 Å². The first kappa shape index (κ1) is 13.7.